The van der Waals surface area contributed by atoms with E-state index in [0.29, 0.717) is 12.2 Å². The molecule has 1 fully saturated rings. The first-order chi connectivity index (χ1) is 11.2. The molecule has 122 valence electrons. The van der Waals surface area contributed by atoms with E-state index in [1.807, 2.05) is 30.3 Å². The molecule has 5 heteroatoms. The maximum atomic E-state index is 12.0. The second kappa shape index (κ2) is 7.23. The summed E-state index contributed by atoms with van der Waals surface area (Å²) in [5.41, 5.74) is -1.08. The molecule has 1 aromatic heterocycles. The highest BCUT2D eigenvalue weighted by molar-refractivity contribution is 7.99. The van der Waals surface area contributed by atoms with E-state index in [4.69, 9.17) is 4.42 Å². The van der Waals surface area contributed by atoms with E-state index in [1.165, 1.54) is 0 Å². The maximum absolute atomic E-state index is 12.0. The van der Waals surface area contributed by atoms with Gasteiger partial charge in [-0.1, -0.05) is 18.2 Å². The molecule has 0 unspecified atom stereocenters. The van der Waals surface area contributed by atoms with Gasteiger partial charge >= 0.3 is 0 Å². The Hall–Kier alpha value is -1.72. The highest BCUT2D eigenvalue weighted by Gasteiger charge is 2.47. The zero-order valence-corrected chi connectivity index (χ0v) is 13.7. The van der Waals surface area contributed by atoms with Crippen molar-refractivity contribution in [2.24, 2.45) is 5.92 Å². The third-order valence-corrected chi connectivity index (χ3v) is 5.11. The predicted molar refractivity (Wildman–Crippen MR) is 90.1 cm³/mol. The molecule has 0 spiro atoms. The van der Waals surface area contributed by atoms with E-state index in [-0.39, 0.29) is 18.4 Å². The van der Waals surface area contributed by atoms with Gasteiger partial charge in [-0.05, 0) is 43.0 Å². The van der Waals surface area contributed by atoms with Crippen molar-refractivity contribution in [3.8, 4) is 0 Å². The Morgan fingerprint density at radius 3 is 2.70 bits per heavy atom. The number of carbonyl (C=O) groups excluding carboxylic acids is 1. The Kier molecular flexibility index (Phi) is 5.08. The largest absolute Gasteiger partial charge is 0.466 e. The average molecular weight is 331 g/mol. The van der Waals surface area contributed by atoms with E-state index >= 15 is 0 Å². The quantitative estimate of drug-likeness (QED) is 0.729. The van der Waals surface area contributed by atoms with Crippen LogP contribution in [-0.4, -0.2) is 23.3 Å². The van der Waals surface area contributed by atoms with Gasteiger partial charge in [-0.3, -0.25) is 4.79 Å². The number of furan rings is 1. The lowest BCUT2D eigenvalue weighted by Gasteiger charge is -2.26. The molecule has 3 rings (SSSR count). The van der Waals surface area contributed by atoms with Gasteiger partial charge in [-0.15, -0.1) is 11.8 Å². The molecule has 2 N–H and O–H groups in total. The fourth-order valence-electron chi connectivity index (χ4n) is 2.62. The first-order valence-electron chi connectivity index (χ1n) is 7.89. The van der Waals surface area contributed by atoms with Crippen LogP contribution in [0.5, 0.6) is 0 Å². The monoisotopic (exact) mass is 331 g/mol. The van der Waals surface area contributed by atoms with Crippen LogP contribution in [0, 0.1) is 5.92 Å². The normalized spacial score (nSPS) is 16.7. The number of rotatable bonds is 8. The van der Waals surface area contributed by atoms with Gasteiger partial charge in [0.25, 0.3) is 0 Å². The van der Waals surface area contributed by atoms with Crippen molar-refractivity contribution >= 4 is 17.7 Å². The molecule has 0 bridgehead atoms. The summed E-state index contributed by atoms with van der Waals surface area (Å²) in [7, 11) is 0. The van der Waals surface area contributed by atoms with Crippen LogP contribution in [0.4, 0.5) is 0 Å². The molecule has 2 aromatic rings. The topological polar surface area (TPSA) is 62.5 Å². The highest BCUT2D eigenvalue weighted by atomic mass is 32.2. The van der Waals surface area contributed by atoms with Gasteiger partial charge in [0.05, 0.1) is 12.8 Å². The van der Waals surface area contributed by atoms with Gasteiger partial charge in [-0.2, -0.15) is 0 Å². The van der Waals surface area contributed by atoms with Crippen LogP contribution in [0.25, 0.3) is 0 Å². The van der Waals surface area contributed by atoms with Gasteiger partial charge in [0.2, 0.25) is 5.91 Å². The SMILES string of the molecule is O=C(CCSc1ccccc1)NC[C@@](O)(c1ccco1)C1CC1. The predicted octanol–water partition coefficient (Wildman–Crippen LogP) is 3.18. The van der Waals surface area contributed by atoms with Gasteiger partial charge in [0, 0.05) is 17.1 Å². The van der Waals surface area contributed by atoms with Crippen LogP contribution in [0.2, 0.25) is 0 Å². The van der Waals surface area contributed by atoms with Crippen molar-refractivity contribution in [3.63, 3.8) is 0 Å². The molecule has 1 saturated carbocycles. The minimum absolute atomic E-state index is 0.0425. The number of hydrogen-bond acceptors (Lipinski definition) is 4. The van der Waals surface area contributed by atoms with E-state index in [1.54, 1.807) is 30.2 Å². The molecule has 4 nitrogen and oxygen atoms in total. The summed E-state index contributed by atoms with van der Waals surface area (Å²) < 4.78 is 5.37. The number of nitrogens with one attached hydrogen (secondary N) is 1. The van der Waals surface area contributed by atoms with Crippen molar-refractivity contribution in [3.05, 3.63) is 54.5 Å². The van der Waals surface area contributed by atoms with E-state index < -0.39 is 5.60 Å². The average Bonchev–Trinajstić information content (AvgIpc) is 3.29. The molecule has 1 aromatic carbocycles. The lowest BCUT2D eigenvalue weighted by atomic mass is 9.94. The first kappa shape index (κ1) is 16.1. The minimum Gasteiger partial charge on any atom is -0.466 e. The Balaban J connectivity index is 1.46. The number of thioether (sulfide) groups is 1. The van der Waals surface area contributed by atoms with Gasteiger partial charge in [0.15, 0.2) is 0 Å². The molecule has 1 aliphatic carbocycles. The van der Waals surface area contributed by atoms with Crippen LogP contribution in [0.1, 0.15) is 25.0 Å². The lowest BCUT2D eigenvalue weighted by Crippen LogP contribution is -2.42. The molecule has 0 radical (unpaired) electrons. The number of hydrogen-bond donors (Lipinski definition) is 2. The number of carbonyl (C=O) groups is 1. The van der Waals surface area contributed by atoms with Crippen molar-refractivity contribution in [2.75, 3.05) is 12.3 Å². The third-order valence-electron chi connectivity index (χ3n) is 4.10. The molecule has 1 aliphatic rings. The Labute approximate surface area is 140 Å². The minimum atomic E-state index is -1.08. The van der Waals surface area contributed by atoms with Crippen LogP contribution < -0.4 is 5.32 Å². The fourth-order valence-corrected chi connectivity index (χ4v) is 3.49. The summed E-state index contributed by atoms with van der Waals surface area (Å²) in [5, 5.41) is 13.7. The summed E-state index contributed by atoms with van der Waals surface area (Å²) in [4.78, 5) is 13.2. The number of benzene rings is 1. The zero-order chi connectivity index (χ0) is 16.1. The van der Waals surface area contributed by atoms with Crippen LogP contribution in [-0.2, 0) is 10.4 Å². The number of aliphatic hydroxyl groups is 1. The lowest BCUT2D eigenvalue weighted by molar-refractivity contribution is -0.122. The molecule has 1 amide bonds. The molecule has 0 aliphatic heterocycles. The van der Waals surface area contributed by atoms with Gasteiger partial charge < -0.3 is 14.8 Å². The third kappa shape index (κ3) is 4.18. The Morgan fingerprint density at radius 1 is 1.26 bits per heavy atom. The number of amides is 1. The van der Waals surface area contributed by atoms with Gasteiger partial charge in [-0.25, -0.2) is 0 Å². The zero-order valence-electron chi connectivity index (χ0n) is 12.9. The van der Waals surface area contributed by atoms with E-state index in [2.05, 4.69) is 5.32 Å². The fraction of sp³-hybridized carbons (Fsp3) is 0.389. The highest BCUT2D eigenvalue weighted by Crippen LogP contribution is 2.45. The molecule has 1 atom stereocenters. The Bertz CT molecular complexity index is 625. The van der Waals surface area contributed by atoms with Crippen LogP contribution >= 0.6 is 11.8 Å². The van der Waals surface area contributed by atoms with Crippen LogP contribution in [0.3, 0.4) is 0 Å². The smallest absolute Gasteiger partial charge is 0.220 e. The standard InChI is InChI=1S/C18H21NO3S/c20-17(10-12-23-15-5-2-1-3-6-15)19-13-18(21,14-8-9-14)16-7-4-11-22-16/h1-7,11,14,21H,8-10,12-13H2,(H,19,20)/t18-/m0/s1. The first-order valence-corrected chi connectivity index (χ1v) is 8.88. The molecule has 0 saturated heterocycles. The van der Waals surface area contributed by atoms with Crippen LogP contribution in [0.15, 0.2) is 58.0 Å². The Morgan fingerprint density at radius 2 is 2.04 bits per heavy atom. The molecule has 1 heterocycles. The second-order valence-electron chi connectivity index (χ2n) is 5.86. The molecular formula is C18H21NO3S. The molecule has 23 heavy (non-hydrogen) atoms. The van der Waals surface area contributed by atoms with E-state index in [9.17, 15) is 9.90 Å². The summed E-state index contributed by atoms with van der Waals surface area (Å²) in [6.07, 6.45) is 3.92. The van der Waals surface area contributed by atoms with E-state index in [0.717, 1.165) is 23.5 Å². The van der Waals surface area contributed by atoms with Crippen molar-refractivity contribution < 1.29 is 14.3 Å². The van der Waals surface area contributed by atoms with Crippen molar-refractivity contribution in [1.29, 1.82) is 0 Å². The maximum Gasteiger partial charge on any atom is 0.220 e. The van der Waals surface area contributed by atoms with Crippen molar-refractivity contribution in [2.45, 2.75) is 29.8 Å². The second-order valence-corrected chi connectivity index (χ2v) is 7.03. The summed E-state index contributed by atoms with van der Waals surface area (Å²) in [5.74, 6) is 1.39. The van der Waals surface area contributed by atoms with Gasteiger partial charge in [0.1, 0.15) is 11.4 Å². The summed E-state index contributed by atoms with van der Waals surface area (Å²) >= 11 is 1.66. The summed E-state index contributed by atoms with van der Waals surface area (Å²) in [6, 6.07) is 13.6. The van der Waals surface area contributed by atoms with Crippen molar-refractivity contribution in [1.82, 2.24) is 5.32 Å². The summed E-state index contributed by atoms with van der Waals surface area (Å²) in [6.45, 7) is 0.208. The molecular weight excluding hydrogens is 310 g/mol.